The molecular weight excluding hydrogens is 574 g/mol. The predicted octanol–water partition coefficient (Wildman–Crippen LogP) is 5.83. The summed E-state index contributed by atoms with van der Waals surface area (Å²) in [5.41, 5.74) is 3.41. The molecule has 10 heteroatoms. The van der Waals surface area contributed by atoms with Crippen LogP contribution in [0.15, 0.2) is 108 Å². The lowest BCUT2D eigenvalue weighted by molar-refractivity contribution is 0.0855. The number of nitrogens with zero attached hydrogens (tertiary/aromatic N) is 5. The Morgan fingerprint density at radius 1 is 0.932 bits per heavy atom. The highest BCUT2D eigenvalue weighted by Gasteiger charge is 2.31. The van der Waals surface area contributed by atoms with Gasteiger partial charge in [-0.15, -0.1) is 0 Å². The quantitative estimate of drug-likeness (QED) is 0.208. The number of rotatable bonds is 9. The van der Waals surface area contributed by atoms with E-state index in [1.54, 1.807) is 41.4 Å². The Labute approximate surface area is 257 Å². The van der Waals surface area contributed by atoms with Gasteiger partial charge in [-0.1, -0.05) is 78.4 Å². The molecular formula is C34H35N5O4S. The zero-order valence-electron chi connectivity index (χ0n) is 24.6. The molecule has 6 rings (SSSR count). The first-order valence-electron chi connectivity index (χ1n) is 14.8. The second-order valence-corrected chi connectivity index (χ2v) is 12.9. The zero-order valence-corrected chi connectivity index (χ0v) is 25.4. The Morgan fingerprint density at radius 3 is 2.36 bits per heavy atom. The minimum absolute atomic E-state index is 0.0492. The van der Waals surface area contributed by atoms with Crippen molar-refractivity contribution >= 4 is 33.0 Å². The van der Waals surface area contributed by atoms with E-state index in [1.807, 2.05) is 55.5 Å². The maximum atomic E-state index is 13.6. The smallest absolute Gasteiger partial charge is 0.410 e. The monoisotopic (exact) mass is 609 g/mol. The van der Waals surface area contributed by atoms with Crippen LogP contribution in [-0.4, -0.2) is 59.0 Å². The maximum Gasteiger partial charge on any atom is 0.410 e. The highest BCUT2D eigenvalue weighted by Crippen LogP contribution is 2.31. The van der Waals surface area contributed by atoms with Gasteiger partial charge in [0.05, 0.1) is 10.3 Å². The minimum atomic E-state index is -3.87. The molecule has 1 unspecified atom stereocenters. The summed E-state index contributed by atoms with van der Waals surface area (Å²) in [5.74, 6) is 0.647. The van der Waals surface area contributed by atoms with Gasteiger partial charge in [0, 0.05) is 31.9 Å². The van der Waals surface area contributed by atoms with Gasteiger partial charge in [0.15, 0.2) is 5.65 Å². The SMILES string of the molecule is Cc1ccc(S(=O)(=O)n2ccc3c(N(CCc4ccccc4)C4CCCN(C(=O)OCc5ccccc5)C4)ncnc32)cc1. The molecule has 1 atom stereocenters. The van der Waals surface area contributed by atoms with Crippen LogP contribution in [0.3, 0.4) is 0 Å². The standard InChI is InChI=1S/C34H35N5O4S/c1-26-14-16-30(17-15-26)44(41,42)39-22-19-31-32(35-25-36-33(31)39)38(21-18-27-9-4-2-5-10-27)29-13-8-20-37(23-29)34(40)43-24-28-11-6-3-7-12-28/h2-7,9-12,14-17,19,22,25,29H,8,13,18,20-21,23-24H2,1H3. The molecule has 1 amide bonds. The van der Waals surface area contributed by atoms with Gasteiger partial charge in [0.2, 0.25) is 0 Å². The first-order valence-corrected chi connectivity index (χ1v) is 16.2. The number of anilines is 1. The molecule has 1 aliphatic rings. The summed E-state index contributed by atoms with van der Waals surface area (Å²) in [7, 11) is -3.87. The third kappa shape index (κ3) is 6.30. The molecule has 0 saturated carbocycles. The lowest BCUT2D eigenvalue weighted by Crippen LogP contribution is -2.51. The summed E-state index contributed by atoms with van der Waals surface area (Å²) in [6, 6.07) is 28.3. The summed E-state index contributed by atoms with van der Waals surface area (Å²) in [4.78, 5) is 26.4. The molecule has 44 heavy (non-hydrogen) atoms. The van der Waals surface area contributed by atoms with Crippen LogP contribution in [0, 0.1) is 6.92 Å². The van der Waals surface area contributed by atoms with E-state index >= 15 is 0 Å². The number of fused-ring (bicyclic) bond motifs is 1. The molecule has 0 N–H and O–H groups in total. The molecule has 1 fully saturated rings. The molecule has 0 bridgehead atoms. The molecule has 9 nitrogen and oxygen atoms in total. The van der Waals surface area contributed by atoms with Crippen molar-refractivity contribution in [2.45, 2.75) is 43.7 Å². The number of amides is 1. The number of ether oxygens (including phenoxy) is 1. The summed E-state index contributed by atoms with van der Waals surface area (Å²) in [6.07, 6.45) is 5.04. The molecule has 5 aromatic rings. The summed E-state index contributed by atoms with van der Waals surface area (Å²) in [5, 5.41) is 0.639. The normalized spacial score (nSPS) is 15.3. The predicted molar refractivity (Wildman–Crippen MR) is 170 cm³/mol. The Balaban J connectivity index is 1.30. The van der Waals surface area contributed by atoms with E-state index in [0.717, 1.165) is 30.4 Å². The average molecular weight is 610 g/mol. The molecule has 226 valence electrons. The lowest BCUT2D eigenvalue weighted by atomic mass is 10.0. The van der Waals surface area contributed by atoms with Gasteiger partial charge in [-0.3, -0.25) is 0 Å². The first kappa shape index (κ1) is 29.4. The molecule has 3 heterocycles. The van der Waals surface area contributed by atoms with Crippen LogP contribution in [0.1, 0.15) is 29.5 Å². The van der Waals surface area contributed by atoms with Crippen LogP contribution in [0.5, 0.6) is 0 Å². The second kappa shape index (κ2) is 12.9. The largest absolute Gasteiger partial charge is 0.445 e. The number of piperidine rings is 1. The van der Waals surface area contributed by atoms with Crippen LogP contribution in [0.25, 0.3) is 11.0 Å². The first-order chi connectivity index (χ1) is 21.4. The summed E-state index contributed by atoms with van der Waals surface area (Å²) in [6.45, 7) is 3.84. The van der Waals surface area contributed by atoms with Crippen molar-refractivity contribution in [1.82, 2.24) is 18.8 Å². The van der Waals surface area contributed by atoms with E-state index < -0.39 is 10.0 Å². The van der Waals surface area contributed by atoms with E-state index in [-0.39, 0.29) is 23.6 Å². The number of carbonyl (C=O) groups is 1. The third-order valence-electron chi connectivity index (χ3n) is 8.06. The van der Waals surface area contributed by atoms with Gasteiger partial charge < -0.3 is 14.5 Å². The number of hydrogen-bond acceptors (Lipinski definition) is 7. The third-order valence-corrected chi connectivity index (χ3v) is 9.74. The van der Waals surface area contributed by atoms with Crippen molar-refractivity contribution < 1.29 is 17.9 Å². The number of aromatic nitrogens is 3. The van der Waals surface area contributed by atoms with Crippen molar-refractivity contribution in [2.24, 2.45) is 0 Å². The van der Waals surface area contributed by atoms with Crippen LogP contribution in [0.4, 0.5) is 10.6 Å². The number of aryl methyl sites for hydroxylation is 1. The molecule has 3 aromatic carbocycles. The molecule has 1 saturated heterocycles. The van der Waals surface area contributed by atoms with Gasteiger partial charge in [-0.2, -0.15) is 0 Å². The van der Waals surface area contributed by atoms with Crippen molar-refractivity contribution in [2.75, 3.05) is 24.5 Å². The Hall–Kier alpha value is -4.70. The highest BCUT2D eigenvalue weighted by molar-refractivity contribution is 7.90. The van der Waals surface area contributed by atoms with Gasteiger partial charge in [0.1, 0.15) is 18.8 Å². The van der Waals surface area contributed by atoms with E-state index in [4.69, 9.17) is 9.72 Å². The van der Waals surface area contributed by atoms with Gasteiger partial charge in [-0.05, 0) is 55.5 Å². The van der Waals surface area contributed by atoms with E-state index in [9.17, 15) is 13.2 Å². The van der Waals surface area contributed by atoms with Crippen LogP contribution >= 0.6 is 0 Å². The fourth-order valence-electron chi connectivity index (χ4n) is 5.70. The van der Waals surface area contributed by atoms with Crippen molar-refractivity contribution in [3.05, 3.63) is 120 Å². The number of carbonyl (C=O) groups excluding carboxylic acids is 1. The van der Waals surface area contributed by atoms with Crippen LogP contribution < -0.4 is 4.90 Å². The van der Waals surface area contributed by atoms with E-state index in [0.29, 0.717) is 36.5 Å². The molecule has 0 aliphatic carbocycles. The highest BCUT2D eigenvalue weighted by atomic mass is 32.2. The van der Waals surface area contributed by atoms with Crippen molar-refractivity contribution in [3.63, 3.8) is 0 Å². The summed E-state index contributed by atoms with van der Waals surface area (Å²) >= 11 is 0. The van der Waals surface area contributed by atoms with Crippen molar-refractivity contribution in [3.8, 4) is 0 Å². The number of benzene rings is 3. The summed E-state index contributed by atoms with van der Waals surface area (Å²) < 4.78 is 34.1. The van der Waals surface area contributed by atoms with E-state index in [1.165, 1.54) is 15.9 Å². The molecule has 1 aliphatic heterocycles. The second-order valence-electron chi connectivity index (χ2n) is 11.1. The fourth-order valence-corrected chi connectivity index (χ4v) is 7.00. The number of likely N-dealkylation sites (tertiary alicyclic amines) is 1. The zero-order chi connectivity index (χ0) is 30.5. The van der Waals surface area contributed by atoms with Crippen molar-refractivity contribution in [1.29, 1.82) is 0 Å². The lowest BCUT2D eigenvalue weighted by Gasteiger charge is -2.39. The number of hydrogen-bond donors (Lipinski definition) is 0. The molecule has 0 radical (unpaired) electrons. The maximum absolute atomic E-state index is 13.6. The van der Waals surface area contributed by atoms with Gasteiger partial charge >= 0.3 is 6.09 Å². The van der Waals surface area contributed by atoms with Gasteiger partial charge in [-0.25, -0.2) is 27.2 Å². The Bertz CT molecular complexity index is 1830. The van der Waals surface area contributed by atoms with Crippen LogP contribution in [-0.2, 0) is 27.8 Å². The minimum Gasteiger partial charge on any atom is -0.445 e. The fraction of sp³-hybridized carbons (Fsp3) is 0.265. The van der Waals surface area contributed by atoms with E-state index in [2.05, 4.69) is 22.0 Å². The van der Waals surface area contributed by atoms with Crippen LogP contribution in [0.2, 0.25) is 0 Å². The van der Waals surface area contributed by atoms with Gasteiger partial charge in [0.25, 0.3) is 10.0 Å². The average Bonchev–Trinajstić information content (AvgIpc) is 3.51. The molecule has 0 spiro atoms. The topological polar surface area (TPSA) is 97.6 Å². The Morgan fingerprint density at radius 2 is 1.64 bits per heavy atom. The Kier molecular flexibility index (Phi) is 8.60. The molecule has 2 aromatic heterocycles.